The number of aromatic nitrogens is 2. The van der Waals surface area contributed by atoms with Gasteiger partial charge in [-0.3, -0.25) is 0 Å². The Hall–Kier alpha value is -1.39. The van der Waals surface area contributed by atoms with E-state index in [1.807, 2.05) is 12.3 Å². The van der Waals surface area contributed by atoms with E-state index in [2.05, 4.69) is 47.9 Å². The first-order chi connectivity index (χ1) is 10.1. The van der Waals surface area contributed by atoms with E-state index in [9.17, 15) is 0 Å². The second-order valence-corrected chi connectivity index (χ2v) is 6.50. The number of rotatable bonds is 5. The Morgan fingerprint density at radius 3 is 3.05 bits per heavy atom. The molecular formula is C17H25N3O. The lowest BCUT2D eigenvalue weighted by atomic mass is 10.1. The number of ether oxygens (including phenoxy) is 1. The fourth-order valence-electron chi connectivity index (χ4n) is 3.16. The summed E-state index contributed by atoms with van der Waals surface area (Å²) in [4.78, 5) is 4.57. The van der Waals surface area contributed by atoms with Crippen LogP contribution in [0.15, 0.2) is 24.5 Å². The molecule has 2 aromatic heterocycles. The third-order valence-electron chi connectivity index (χ3n) is 4.24. The Morgan fingerprint density at radius 2 is 2.33 bits per heavy atom. The molecule has 1 unspecified atom stereocenters. The Morgan fingerprint density at radius 1 is 1.48 bits per heavy atom. The van der Waals surface area contributed by atoms with E-state index in [0.29, 0.717) is 6.10 Å². The van der Waals surface area contributed by atoms with Gasteiger partial charge in [-0.05, 0) is 50.9 Å². The van der Waals surface area contributed by atoms with Crippen LogP contribution >= 0.6 is 0 Å². The molecule has 1 aliphatic rings. The molecule has 1 N–H and O–H groups in total. The zero-order chi connectivity index (χ0) is 14.9. The summed E-state index contributed by atoms with van der Waals surface area (Å²) < 4.78 is 8.39. The first-order valence-electron chi connectivity index (χ1n) is 7.90. The zero-order valence-electron chi connectivity index (χ0n) is 13.2. The third kappa shape index (κ3) is 3.11. The lowest BCUT2D eigenvalue weighted by Crippen LogP contribution is -2.22. The molecule has 3 heterocycles. The number of hydrogen-bond acceptors (Lipinski definition) is 3. The summed E-state index contributed by atoms with van der Waals surface area (Å²) in [5.41, 5.74) is 2.41. The van der Waals surface area contributed by atoms with E-state index in [4.69, 9.17) is 4.74 Å². The van der Waals surface area contributed by atoms with Crippen LogP contribution in [0.5, 0.6) is 0 Å². The van der Waals surface area contributed by atoms with Crippen LogP contribution in [0.1, 0.15) is 39.2 Å². The van der Waals surface area contributed by atoms with Crippen LogP contribution in [0.4, 0.5) is 0 Å². The normalized spacial score (nSPS) is 21.2. The van der Waals surface area contributed by atoms with Gasteiger partial charge in [0.05, 0.1) is 18.2 Å². The number of nitrogens with zero attached hydrogens (tertiary/aromatic N) is 2. The van der Waals surface area contributed by atoms with Gasteiger partial charge in [-0.15, -0.1) is 0 Å². The quantitative estimate of drug-likeness (QED) is 0.918. The van der Waals surface area contributed by atoms with Gasteiger partial charge < -0.3 is 14.6 Å². The largest absolute Gasteiger partial charge is 0.370 e. The smallest absolute Gasteiger partial charge is 0.140 e. The molecule has 0 aromatic carbocycles. The van der Waals surface area contributed by atoms with Crippen LogP contribution in [-0.4, -0.2) is 27.8 Å². The molecule has 1 fully saturated rings. The minimum absolute atomic E-state index is 0.0215. The zero-order valence-corrected chi connectivity index (χ0v) is 13.2. The van der Waals surface area contributed by atoms with Crippen LogP contribution in [0.3, 0.4) is 0 Å². The number of hydrogen-bond donors (Lipinski definition) is 1. The predicted octanol–water partition coefficient (Wildman–Crippen LogP) is 3.10. The summed E-state index contributed by atoms with van der Waals surface area (Å²) in [7, 11) is 0. The van der Waals surface area contributed by atoms with E-state index < -0.39 is 0 Å². The summed E-state index contributed by atoms with van der Waals surface area (Å²) >= 11 is 0. The van der Waals surface area contributed by atoms with Gasteiger partial charge in [0.15, 0.2) is 0 Å². The van der Waals surface area contributed by atoms with Crippen LogP contribution < -0.4 is 5.32 Å². The van der Waals surface area contributed by atoms with Gasteiger partial charge in [0.1, 0.15) is 5.65 Å². The van der Waals surface area contributed by atoms with Crippen molar-refractivity contribution in [2.45, 2.75) is 58.4 Å². The van der Waals surface area contributed by atoms with Crippen molar-refractivity contribution in [3.8, 4) is 0 Å². The van der Waals surface area contributed by atoms with Crippen molar-refractivity contribution in [2.75, 3.05) is 6.54 Å². The highest BCUT2D eigenvalue weighted by Gasteiger charge is 2.32. The third-order valence-corrected chi connectivity index (χ3v) is 4.24. The van der Waals surface area contributed by atoms with Gasteiger partial charge in [0.2, 0.25) is 0 Å². The molecule has 0 spiro atoms. The Balaban J connectivity index is 1.85. The summed E-state index contributed by atoms with van der Waals surface area (Å²) in [5.74, 6) is 0. The van der Waals surface area contributed by atoms with E-state index in [-0.39, 0.29) is 5.60 Å². The maximum Gasteiger partial charge on any atom is 0.140 e. The van der Waals surface area contributed by atoms with Crippen molar-refractivity contribution < 1.29 is 4.74 Å². The first-order valence-corrected chi connectivity index (χ1v) is 7.90. The molecule has 0 saturated carbocycles. The molecule has 114 valence electrons. The van der Waals surface area contributed by atoms with E-state index >= 15 is 0 Å². The van der Waals surface area contributed by atoms with Crippen molar-refractivity contribution in [3.63, 3.8) is 0 Å². The Labute approximate surface area is 126 Å². The van der Waals surface area contributed by atoms with Gasteiger partial charge in [0.25, 0.3) is 0 Å². The molecule has 1 atom stereocenters. The highest BCUT2D eigenvalue weighted by Crippen LogP contribution is 2.31. The van der Waals surface area contributed by atoms with E-state index in [1.165, 1.54) is 10.9 Å². The lowest BCUT2D eigenvalue weighted by Gasteiger charge is -2.19. The van der Waals surface area contributed by atoms with Crippen LogP contribution in [0.2, 0.25) is 0 Å². The summed E-state index contributed by atoms with van der Waals surface area (Å²) in [6.07, 6.45) is 6.66. The topological polar surface area (TPSA) is 39.1 Å². The summed E-state index contributed by atoms with van der Waals surface area (Å²) in [6, 6.07) is 4.17. The van der Waals surface area contributed by atoms with Crippen molar-refractivity contribution in [3.05, 3.63) is 30.1 Å². The number of fused-ring (bicyclic) bond motifs is 1. The average molecular weight is 287 g/mol. The molecule has 0 radical (unpaired) electrons. The Kier molecular flexibility index (Phi) is 4.00. The van der Waals surface area contributed by atoms with Crippen molar-refractivity contribution in [2.24, 2.45) is 0 Å². The van der Waals surface area contributed by atoms with E-state index in [1.54, 1.807) is 0 Å². The van der Waals surface area contributed by atoms with Gasteiger partial charge in [-0.25, -0.2) is 4.98 Å². The molecular weight excluding hydrogens is 262 g/mol. The Bertz CT molecular complexity index is 618. The fraction of sp³-hybridized carbons (Fsp3) is 0.588. The first kappa shape index (κ1) is 14.5. The molecule has 21 heavy (non-hydrogen) atoms. The van der Waals surface area contributed by atoms with Crippen molar-refractivity contribution in [1.29, 1.82) is 0 Å². The molecule has 0 bridgehead atoms. The maximum absolute atomic E-state index is 6.13. The lowest BCUT2D eigenvalue weighted by molar-refractivity contribution is -0.0212. The minimum atomic E-state index is 0.0215. The maximum atomic E-state index is 6.13. The molecule has 1 aliphatic heterocycles. The molecule has 0 amide bonds. The number of pyridine rings is 1. The van der Waals surface area contributed by atoms with Crippen LogP contribution in [0, 0.1) is 0 Å². The number of nitrogens with one attached hydrogen (secondary N) is 1. The molecule has 4 heteroatoms. The molecule has 1 saturated heterocycles. The molecule has 3 rings (SSSR count). The molecule has 0 aliphatic carbocycles. The SMILES string of the molecule is CCNCc1cn(CC2CCC(C)(C)O2)c2ncccc12. The van der Waals surface area contributed by atoms with Crippen molar-refractivity contribution in [1.82, 2.24) is 14.9 Å². The van der Waals surface area contributed by atoms with Gasteiger partial charge in [-0.2, -0.15) is 0 Å². The second kappa shape index (κ2) is 5.78. The second-order valence-electron chi connectivity index (χ2n) is 6.50. The molecule has 4 nitrogen and oxygen atoms in total. The standard InChI is InChI=1S/C17H25N3O/c1-4-18-10-13-11-20(16-15(13)6-5-9-19-16)12-14-7-8-17(2,3)21-14/h5-6,9,11,14,18H,4,7-8,10,12H2,1-3H3. The van der Waals surface area contributed by atoms with Crippen molar-refractivity contribution >= 4 is 11.0 Å². The average Bonchev–Trinajstić information content (AvgIpc) is 2.98. The highest BCUT2D eigenvalue weighted by atomic mass is 16.5. The van der Waals surface area contributed by atoms with Crippen LogP contribution in [0.25, 0.3) is 11.0 Å². The predicted molar refractivity (Wildman–Crippen MR) is 85.3 cm³/mol. The van der Waals surface area contributed by atoms with E-state index in [0.717, 1.165) is 38.1 Å². The fourth-order valence-corrected chi connectivity index (χ4v) is 3.16. The molecule has 2 aromatic rings. The minimum Gasteiger partial charge on any atom is -0.370 e. The van der Waals surface area contributed by atoms with Gasteiger partial charge in [0, 0.05) is 24.3 Å². The summed E-state index contributed by atoms with van der Waals surface area (Å²) in [5, 5.41) is 4.65. The monoisotopic (exact) mass is 287 g/mol. The summed E-state index contributed by atoms with van der Waals surface area (Å²) in [6.45, 7) is 9.25. The van der Waals surface area contributed by atoms with Gasteiger partial charge >= 0.3 is 0 Å². The van der Waals surface area contributed by atoms with Crippen LogP contribution in [-0.2, 0) is 17.8 Å². The van der Waals surface area contributed by atoms with Gasteiger partial charge in [-0.1, -0.05) is 6.92 Å². The highest BCUT2D eigenvalue weighted by molar-refractivity contribution is 5.80.